The molecule has 0 bridgehead atoms. The highest BCUT2D eigenvalue weighted by Gasteiger charge is 2.05. The Morgan fingerprint density at radius 1 is 1.17 bits per heavy atom. The van der Waals surface area contributed by atoms with Crippen molar-refractivity contribution >= 4 is 0 Å². The summed E-state index contributed by atoms with van der Waals surface area (Å²) in [4.78, 5) is 0. The maximum atomic E-state index is 13.1. The molecule has 0 N–H and O–H groups in total. The minimum absolute atomic E-state index is 0.286. The summed E-state index contributed by atoms with van der Waals surface area (Å²) in [5.74, 6) is -0.286. The summed E-state index contributed by atoms with van der Waals surface area (Å²) in [5.41, 5.74) is 0.986. The summed E-state index contributed by atoms with van der Waals surface area (Å²) in [6.07, 6.45) is 1.42. The van der Waals surface area contributed by atoms with Crippen molar-refractivity contribution in [2.24, 2.45) is 0 Å². The van der Waals surface area contributed by atoms with Gasteiger partial charge in [0, 0.05) is 11.6 Å². The Morgan fingerprint density at radius 2 is 2.00 bits per heavy atom. The lowest BCUT2D eigenvalue weighted by atomic mass is 10.1. The second-order valence-electron chi connectivity index (χ2n) is 2.36. The third kappa shape index (κ3) is 1.09. The van der Waals surface area contributed by atoms with Crippen LogP contribution in [0.2, 0.25) is 0 Å². The summed E-state index contributed by atoms with van der Waals surface area (Å²) in [7, 11) is 0. The van der Waals surface area contributed by atoms with Gasteiger partial charge in [-0.05, 0) is 12.1 Å². The molecule has 0 unspecified atom stereocenters. The van der Waals surface area contributed by atoms with E-state index < -0.39 is 0 Å². The smallest absolute Gasteiger partial charge is 0.132 e. The lowest BCUT2D eigenvalue weighted by Gasteiger charge is -1.95. The third-order valence-corrected chi connectivity index (χ3v) is 1.59. The molecule has 0 aliphatic rings. The fourth-order valence-corrected chi connectivity index (χ4v) is 1.02. The van der Waals surface area contributed by atoms with Crippen molar-refractivity contribution in [3.63, 3.8) is 0 Å². The van der Waals surface area contributed by atoms with Gasteiger partial charge in [0.1, 0.15) is 17.8 Å². The zero-order valence-corrected chi connectivity index (χ0v) is 6.20. The van der Waals surface area contributed by atoms with Crippen LogP contribution in [0, 0.1) is 5.82 Å². The molecule has 2 nitrogen and oxygen atoms in total. The Labute approximate surface area is 68.6 Å². The average Bonchev–Trinajstić information content (AvgIpc) is 2.57. The van der Waals surface area contributed by atoms with E-state index in [9.17, 15) is 4.39 Å². The van der Waals surface area contributed by atoms with E-state index in [4.69, 9.17) is 0 Å². The first-order chi connectivity index (χ1) is 5.88. The molecule has 0 atom stereocenters. The molecule has 0 saturated carbocycles. The molecule has 12 heavy (non-hydrogen) atoms. The van der Waals surface area contributed by atoms with E-state index in [1.165, 1.54) is 12.3 Å². The molecule has 2 rings (SSSR count). The zero-order valence-electron chi connectivity index (χ0n) is 6.20. The Hall–Kier alpha value is -1.64. The first-order valence-electron chi connectivity index (χ1n) is 3.53. The Morgan fingerprint density at radius 3 is 2.67 bits per heavy atom. The number of benzene rings is 1. The summed E-state index contributed by atoms with van der Waals surface area (Å²) in [6, 6.07) is 8.07. The quantitative estimate of drug-likeness (QED) is 0.645. The van der Waals surface area contributed by atoms with Crippen LogP contribution in [0.5, 0.6) is 0 Å². The first kappa shape index (κ1) is 7.03. The van der Waals surface area contributed by atoms with Gasteiger partial charge in [0.25, 0.3) is 0 Å². The van der Waals surface area contributed by atoms with Crippen LogP contribution in [0.15, 0.2) is 41.1 Å². The van der Waals surface area contributed by atoms with E-state index in [0.717, 1.165) is 0 Å². The van der Waals surface area contributed by atoms with Crippen molar-refractivity contribution in [2.45, 2.75) is 0 Å². The van der Waals surface area contributed by atoms with Crippen molar-refractivity contribution in [3.05, 3.63) is 42.4 Å². The highest BCUT2D eigenvalue weighted by atomic mass is 19.1. The van der Waals surface area contributed by atoms with Crippen LogP contribution in [0.1, 0.15) is 0 Å². The zero-order chi connectivity index (χ0) is 8.39. The number of aromatic nitrogens is 1. The Kier molecular flexibility index (Phi) is 1.63. The maximum Gasteiger partial charge on any atom is 0.132 e. The largest absolute Gasteiger partial charge is 0.364 e. The van der Waals surface area contributed by atoms with Gasteiger partial charge in [0.15, 0.2) is 0 Å². The summed E-state index contributed by atoms with van der Waals surface area (Å²) in [5, 5.41) is 3.63. The molecule has 2 aromatic rings. The monoisotopic (exact) mass is 163 g/mol. The van der Waals surface area contributed by atoms with Crippen LogP contribution in [0.3, 0.4) is 0 Å². The summed E-state index contributed by atoms with van der Waals surface area (Å²) >= 11 is 0. The highest BCUT2D eigenvalue weighted by molar-refractivity contribution is 5.58. The van der Waals surface area contributed by atoms with Crippen LogP contribution in [0.4, 0.5) is 4.39 Å². The predicted octanol–water partition coefficient (Wildman–Crippen LogP) is 2.48. The van der Waals surface area contributed by atoms with E-state index in [0.29, 0.717) is 11.3 Å². The molecule has 60 valence electrons. The maximum absolute atomic E-state index is 13.1. The number of hydrogen-bond donors (Lipinski definition) is 0. The number of rotatable bonds is 1. The number of halogens is 1. The van der Waals surface area contributed by atoms with Crippen molar-refractivity contribution in [1.29, 1.82) is 0 Å². The Bertz CT molecular complexity index is 370. The topological polar surface area (TPSA) is 26.0 Å². The van der Waals surface area contributed by atoms with Gasteiger partial charge in [0.05, 0.1) is 0 Å². The molecule has 0 saturated heterocycles. The second kappa shape index (κ2) is 2.77. The van der Waals surface area contributed by atoms with E-state index in [1.54, 1.807) is 24.3 Å². The standard InChI is InChI=1S/C9H6FNO/c10-8-4-2-1-3-7(8)9-5-6-12-11-9/h1-6H. The molecule has 3 heteroatoms. The van der Waals surface area contributed by atoms with E-state index in [-0.39, 0.29) is 5.82 Å². The molecule has 0 aliphatic carbocycles. The van der Waals surface area contributed by atoms with Gasteiger partial charge in [-0.15, -0.1) is 0 Å². The predicted molar refractivity (Wildman–Crippen MR) is 41.9 cm³/mol. The number of hydrogen-bond acceptors (Lipinski definition) is 2. The van der Waals surface area contributed by atoms with Gasteiger partial charge in [-0.25, -0.2) is 4.39 Å². The fraction of sp³-hybridized carbons (Fsp3) is 0. The van der Waals surface area contributed by atoms with Gasteiger partial charge in [-0.2, -0.15) is 0 Å². The molecule has 0 radical (unpaired) electrons. The Balaban J connectivity index is 2.55. The number of nitrogens with zero attached hydrogens (tertiary/aromatic N) is 1. The second-order valence-corrected chi connectivity index (χ2v) is 2.36. The minimum atomic E-state index is -0.286. The van der Waals surface area contributed by atoms with Gasteiger partial charge in [-0.3, -0.25) is 0 Å². The summed E-state index contributed by atoms with van der Waals surface area (Å²) < 4.78 is 17.7. The summed E-state index contributed by atoms with van der Waals surface area (Å²) in [6.45, 7) is 0. The van der Waals surface area contributed by atoms with E-state index in [2.05, 4.69) is 9.68 Å². The molecule has 1 heterocycles. The molecule has 0 aliphatic heterocycles. The normalized spacial score (nSPS) is 10.1. The van der Waals surface area contributed by atoms with Gasteiger partial charge < -0.3 is 4.52 Å². The molecule has 1 aromatic carbocycles. The molecule has 0 fully saturated rings. The lowest BCUT2D eigenvalue weighted by Crippen LogP contribution is -1.81. The van der Waals surface area contributed by atoms with Crippen LogP contribution in [-0.4, -0.2) is 5.16 Å². The van der Waals surface area contributed by atoms with Crippen molar-refractivity contribution in [3.8, 4) is 11.3 Å². The lowest BCUT2D eigenvalue weighted by molar-refractivity contribution is 0.422. The third-order valence-electron chi connectivity index (χ3n) is 1.59. The average molecular weight is 163 g/mol. The van der Waals surface area contributed by atoms with Gasteiger partial charge in [0.2, 0.25) is 0 Å². The molecular formula is C9H6FNO. The SMILES string of the molecule is Fc1ccccc1-c1ccon1. The van der Waals surface area contributed by atoms with Gasteiger partial charge >= 0.3 is 0 Å². The van der Waals surface area contributed by atoms with Crippen LogP contribution >= 0.6 is 0 Å². The van der Waals surface area contributed by atoms with Crippen LogP contribution < -0.4 is 0 Å². The van der Waals surface area contributed by atoms with Crippen LogP contribution in [-0.2, 0) is 0 Å². The van der Waals surface area contributed by atoms with Crippen LogP contribution in [0.25, 0.3) is 11.3 Å². The fourth-order valence-electron chi connectivity index (χ4n) is 1.02. The van der Waals surface area contributed by atoms with Crippen molar-refractivity contribution < 1.29 is 8.91 Å². The van der Waals surface area contributed by atoms with Crippen molar-refractivity contribution in [1.82, 2.24) is 5.16 Å². The van der Waals surface area contributed by atoms with Crippen molar-refractivity contribution in [2.75, 3.05) is 0 Å². The molecule has 0 amide bonds. The molecular weight excluding hydrogens is 157 g/mol. The highest BCUT2D eigenvalue weighted by Crippen LogP contribution is 2.19. The molecule has 0 spiro atoms. The van der Waals surface area contributed by atoms with E-state index >= 15 is 0 Å². The first-order valence-corrected chi connectivity index (χ1v) is 3.53. The molecule has 1 aromatic heterocycles. The minimum Gasteiger partial charge on any atom is -0.364 e. The van der Waals surface area contributed by atoms with E-state index in [1.807, 2.05) is 0 Å². The van der Waals surface area contributed by atoms with Gasteiger partial charge in [-0.1, -0.05) is 17.3 Å².